The maximum Gasteiger partial charge on any atom is 0.433 e. The van der Waals surface area contributed by atoms with Gasteiger partial charge < -0.3 is 15.3 Å². The van der Waals surface area contributed by atoms with Gasteiger partial charge in [-0.15, -0.1) is 0 Å². The van der Waals surface area contributed by atoms with Gasteiger partial charge in [0.15, 0.2) is 0 Å². The van der Waals surface area contributed by atoms with E-state index >= 15 is 0 Å². The number of alkyl halides is 3. The molecule has 2 atom stereocenters. The maximum absolute atomic E-state index is 13.2. The number of aliphatic hydroxyl groups is 1. The molecule has 0 aliphatic carbocycles. The van der Waals surface area contributed by atoms with Crippen LogP contribution in [0.1, 0.15) is 12.1 Å². The number of anilines is 1. The van der Waals surface area contributed by atoms with Crippen molar-refractivity contribution in [3.8, 4) is 0 Å². The van der Waals surface area contributed by atoms with Crippen molar-refractivity contribution in [2.45, 2.75) is 18.7 Å². The van der Waals surface area contributed by atoms with Gasteiger partial charge >= 0.3 is 6.18 Å². The van der Waals surface area contributed by atoms with Crippen LogP contribution < -0.4 is 10.2 Å². The zero-order valence-corrected chi connectivity index (χ0v) is 13.5. The lowest BCUT2D eigenvalue weighted by Gasteiger charge is -2.21. The molecule has 0 radical (unpaired) electrons. The Morgan fingerprint density at radius 1 is 1.36 bits per heavy atom. The van der Waals surface area contributed by atoms with Crippen LogP contribution in [0.2, 0.25) is 0 Å². The molecule has 1 aromatic carbocycles. The second-order valence-electron chi connectivity index (χ2n) is 6.15. The summed E-state index contributed by atoms with van der Waals surface area (Å²) in [5, 5.41) is 13.3. The summed E-state index contributed by atoms with van der Waals surface area (Å²) in [5.74, 6) is -0.539. The zero-order valence-electron chi connectivity index (χ0n) is 13.5. The third-order valence-electron chi connectivity index (χ3n) is 4.46. The zero-order chi connectivity index (χ0) is 18.2. The Bertz CT molecular complexity index is 794. The van der Waals surface area contributed by atoms with Crippen molar-refractivity contribution in [2.24, 2.45) is 5.92 Å². The van der Waals surface area contributed by atoms with Crippen LogP contribution in [-0.4, -0.2) is 42.2 Å². The number of para-hydroxylation sites is 1. The summed E-state index contributed by atoms with van der Waals surface area (Å²) in [6.45, 7) is 0.479. The van der Waals surface area contributed by atoms with E-state index in [1.54, 1.807) is 23.1 Å². The molecule has 134 valence electrons. The van der Waals surface area contributed by atoms with Crippen molar-refractivity contribution in [1.29, 1.82) is 0 Å². The number of amides is 1. The van der Waals surface area contributed by atoms with Crippen LogP contribution in [0.25, 0.3) is 10.9 Å². The Morgan fingerprint density at radius 3 is 2.76 bits per heavy atom. The van der Waals surface area contributed by atoms with E-state index in [0.29, 0.717) is 17.6 Å². The molecule has 0 unspecified atom stereocenters. The Kier molecular flexibility index (Phi) is 4.55. The van der Waals surface area contributed by atoms with Crippen LogP contribution in [0.4, 0.5) is 18.9 Å². The van der Waals surface area contributed by atoms with Crippen LogP contribution in [0.3, 0.4) is 0 Å². The predicted octanol–water partition coefficient (Wildman–Crippen LogP) is 2.19. The molecule has 1 amide bonds. The number of β-amino-alcohol motifs (C(OH)–C–C–N with tert-alkyl or cyclic N) is 1. The van der Waals surface area contributed by atoms with E-state index in [4.69, 9.17) is 0 Å². The number of benzene rings is 1. The third kappa shape index (κ3) is 3.53. The number of hydrogen-bond donors (Lipinski definition) is 2. The van der Waals surface area contributed by atoms with Crippen LogP contribution in [0.15, 0.2) is 30.3 Å². The lowest BCUT2D eigenvalue weighted by atomic mass is 10.0. The minimum absolute atomic E-state index is 0.128. The molecule has 2 heterocycles. The SMILES string of the molecule is CNC(=O)C[C@@H]1CN(c2cc(C(F)(F)F)nc3ccccc23)C[C@H]1O. The molecule has 1 aromatic heterocycles. The highest BCUT2D eigenvalue weighted by Crippen LogP contribution is 2.36. The van der Waals surface area contributed by atoms with Gasteiger partial charge in [0, 0.05) is 43.5 Å². The van der Waals surface area contributed by atoms with Crippen molar-refractivity contribution in [3.63, 3.8) is 0 Å². The summed E-state index contributed by atoms with van der Waals surface area (Å²) in [6, 6.07) is 7.61. The number of aromatic nitrogens is 1. The Morgan fingerprint density at radius 2 is 2.08 bits per heavy atom. The lowest BCUT2D eigenvalue weighted by molar-refractivity contribution is -0.140. The fraction of sp³-hybridized carbons (Fsp3) is 0.412. The summed E-state index contributed by atoms with van der Waals surface area (Å²) in [4.78, 5) is 16.9. The number of carbonyl (C=O) groups excluding carboxylic acids is 1. The van der Waals surface area contributed by atoms with E-state index in [1.807, 2.05) is 0 Å². The summed E-state index contributed by atoms with van der Waals surface area (Å²) in [5.41, 5.74) is -0.349. The molecule has 1 aliphatic heterocycles. The van der Waals surface area contributed by atoms with Gasteiger partial charge in [0.25, 0.3) is 0 Å². The number of halogens is 3. The molecule has 0 spiro atoms. The summed E-state index contributed by atoms with van der Waals surface area (Å²) >= 11 is 0. The summed E-state index contributed by atoms with van der Waals surface area (Å²) < 4.78 is 39.5. The van der Waals surface area contributed by atoms with Gasteiger partial charge in [0.2, 0.25) is 5.91 Å². The largest absolute Gasteiger partial charge is 0.433 e. The van der Waals surface area contributed by atoms with Crippen LogP contribution in [0, 0.1) is 5.92 Å². The Hall–Kier alpha value is -2.35. The molecule has 0 bridgehead atoms. The number of carbonyl (C=O) groups is 1. The van der Waals surface area contributed by atoms with Crippen molar-refractivity contribution in [1.82, 2.24) is 10.3 Å². The number of aliphatic hydroxyl groups excluding tert-OH is 1. The normalized spacial score (nSPS) is 20.9. The second-order valence-corrected chi connectivity index (χ2v) is 6.15. The molecular formula is C17H18F3N3O2. The smallest absolute Gasteiger partial charge is 0.391 e. The first-order chi connectivity index (χ1) is 11.8. The van der Waals surface area contributed by atoms with E-state index in [-0.39, 0.29) is 30.3 Å². The number of fused-ring (bicyclic) bond motifs is 1. The van der Waals surface area contributed by atoms with Gasteiger partial charge in [-0.3, -0.25) is 4.79 Å². The Balaban J connectivity index is 1.99. The first-order valence-corrected chi connectivity index (χ1v) is 7.90. The quantitative estimate of drug-likeness (QED) is 0.888. The molecule has 1 fully saturated rings. The van der Waals surface area contributed by atoms with Crippen LogP contribution >= 0.6 is 0 Å². The molecule has 3 rings (SSSR count). The topological polar surface area (TPSA) is 65.5 Å². The first-order valence-electron chi connectivity index (χ1n) is 7.90. The standard InChI is InChI=1S/C17H18F3N3O2/c1-21-16(25)6-10-8-23(9-14(10)24)13-7-15(17(18,19)20)22-12-5-3-2-4-11(12)13/h2-5,7,10,14,24H,6,8-9H2,1H3,(H,21,25)/t10-,14-/m1/s1. The molecule has 8 heteroatoms. The number of hydrogen-bond acceptors (Lipinski definition) is 4. The number of nitrogens with one attached hydrogen (secondary N) is 1. The van der Waals surface area contributed by atoms with E-state index < -0.39 is 18.0 Å². The highest BCUT2D eigenvalue weighted by atomic mass is 19.4. The van der Waals surface area contributed by atoms with Gasteiger partial charge in [-0.05, 0) is 12.1 Å². The van der Waals surface area contributed by atoms with Crippen molar-refractivity contribution >= 4 is 22.5 Å². The molecule has 25 heavy (non-hydrogen) atoms. The van der Waals surface area contributed by atoms with Crippen molar-refractivity contribution in [2.75, 3.05) is 25.0 Å². The highest BCUT2D eigenvalue weighted by Gasteiger charge is 2.37. The van der Waals surface area contributed by atoms with E-state index in [9.17, 15) is 23.1 Å². The molecule has 5 nitrogen and oxygen atoms in total. The number of rotatable bonds is 3. The minimum atomic E-state index is -4.56. The lowest BCUT2D eigenvalue weighted by Crippen LogP contribution is -2.27. The Labute approximate surface area is 142 Å². The highest BCUT2D eigenvalue weighted by molar-refractivity contribution is 5.92. The van der Waals surface area contributed by atoms with Crippen LogP contribution in [-0.2, 0) is 11.0 Å². The average molecular weight is 353 g/mol. The fourth-order valence-electron chi connectivity index (χ4n) is 3.16. The molecular weight excluding hydrogens is 335 g/mol. The van der Waals surface area contributed by atoms with E-state index in [1.165, 1.54) is 13.1 Å². The predicted molar refractivity (Wildman–Crippen MR) is 87.1 cm³/mol. The second kappa shape index (κ2) is 6.51. The first kappa shape index (κ1) is 17.5. The number of pyridine rings is 1. The molecule has 0 saturated carbocycles. The molecule has 2 N–H and O–H groups in total. The van der Waals surface area contributed by atoms with E-state index in [2.05, 4.69) is 10.3 Å². The third-order valence-corrected chi connectivity index (χ3v) is 4.46. The van der Waals surface area contributed by atoms with Crippen molar-refractivity contribution in [3.05, 3.63) is 36.0 Å². The average Bonchev–Trinajstić information content (AvgIpc) is 2.93. The molecule has 1 aliphatic rings. The summed E-state index contributed by atoms with van der Waals surface area (Å²) in [7, 11) is 1.51. The van der Waals surface area contributed by atoms with Gasteiger partial charge in [-0.2, -0.15) is 13.2 Å². The van der Waals surface area contributed by atoms with Crippen LogP contribution in [0.5, 0.6) is 0 Å². The number of nitrogens with zero attached hydrogens (tertiary/aromatic N) is 2. The van der Waals surface area contributed by atoms with Gasteiger partial charge in [-0.1, -0.05) is 18.2 Å². The summed E-state index contributed by atoms with van der Waals surface area (Å²) in [6.07, 6.45) is -5.21. The van der Waals surface area contributed by atoms with Gasteiger partial charge in [0.05, 0.1) is 11.6 Å². The van der Waals surface area contributed by atoms with Crippen molar-refractivity contribution < 1.29 is 23.1 Å². The fourth-order valence-corrected chi connectivity index (χ4v) is 3.16. The van der Waals surface area contributed by atoms with Gasteiger partial charge in [0.1, 0.15) is 5.69 Å². The van der Waals surface area contributed by atoms with Gasteiger partial charge in [-0.25, -0.2) is 4.98 Å². The maximum atomic E-state index is 13.2. The molecule has 2 aromatic rings. The molecule has 1 saturated heterocycles. The monoisotopic (exact) mass is 353 g/mol. The van der Waals surface area contributed by atoms with E-state index in [0.717, 1.165) is 6.07 Å². The minimum Gasteiger partial charge on any atom is -0.391 e.